The normalized spacial score (nSPS) is 27.0. The quantitative estimate of drug-likeness (QED) is 0.825. The minimum absolute atomic E-state index is 0.553. The minimum Gasteiger partial charge on any atom is -0.739 e. The zero-order chi connectivity index (χ0) is 14.8. The smallest absolute Gasteiger partial charge is 0.214 e. The Morgan fingerprint density at radius 1 is 1.43 bits per heavy atom. The highest BCUT2D eigenvalue weighted by Gasteiger charge is 2.30. The van der Waals surface area contributed by atoms with Crippen LogP contribution in [0.5, 0.6) is 0 Å². The van der Waals surface area contributed by atoms with Gasteiger partial charge in [0, 0.05) is 6.54 Å². The van der Waals surface area contributed by atoms with Crippen molar-refractivity contribution in [2.45, 2.75) is 32.1 Å². The molecule has 2 fully saturated rings. The fourth-order valence-corrected chi connectivity index (χ4v) is 3.28. The summed E-state index contributed by atoms with van der Waals surface area (Å²) in [5, 5.41) is 16.5. The van der Waals surface area contributed by atoms with E-state index in [-0.39, 0.29) is 0 Å². The molecule has 3 rings (SSSR count). The lowest BCUT2D eigenvalue weighted by atomic mass is 9.78. The average molecular weight is 290 g/mol. The minimum atomic E-state index is 0.553. The van der Waals surface area contributed by atoms with Gasteiger partial charge in [0.05, 0.1) is 17.9 Å². The molecule has 1 unspecified atom stereocenters. The average Bonchev–Trinajstić information content (AvgIpc) is 2.46. The zero-order valence-corrected chi connectivity index (χ0v) is 12.9. The van der Waals surface area contributed by atoms with Crippen LogP contribution in [-0.2, 0) is 0 Å². The molecular formula is C15H24N5O-. The van der Waals surface area contributed by atoms with Gasteiger partial charge in [-0.15, -0.1) is 0 Å². The number of aliphatic imine (C=N–C) groups is 1. The molecule has 0 aromatic rings. The van der Waals surface area contributed by atoms with Gasteiger partial charge in [-0.2, -0.15) is 0 Å². The summed E-state index contributed by atoms with van der Waals surface area (Å²) in [6, 6.07) is 0. The molecule has 1 aliphatic heterocycles. The third-order valence-corrected chi connectivity index (χ3v) is 4.39. The van der Waals surface area contributed by atoms with Gasteiger partial charge >= 0.3 is 0 Å². The lowest BCUT2D eigenvalue weighted by Crippen LogP contribution is -2.53. The van der Waals surface area contributed by atoms with Crippen molar-refractivity contribution in [1.29, 1.82) is 0 Å². The molecule has 6 nitrogen and oxygen atoms in total. The van der Waals surface area contributed by atoms with E-state index in [1.54, 1.807) is 0 Å². The van der Waals surface area contributed by atoms with E-state index in [9.17, 15) is 5.21 Å². The van der Waals surface area contributed by atoms with E-state index in [2.05, 4.69) is 26.7 Å². The molecule has 1 atom stereocenters. The Kier molecular flexibility index (Phi) is 4.17. The topological polar surface area (TPSA) is 66.0 Å². The van der Waals surface area contributed by atoms with E-state index >= 15 is 0 Å². The van der Waals surface area contributed by atoms with Gasteiger partial charge in [-0.1, -0.05) is 12.5 Å². The predicted octanol–water partition coefficient (Wildman–Crippen LogP) is 1.54. The zero-order valence-electron chi connectivity index (χ0n) is 12.9. The van der Waals surface area contributed by atoms with Gasteiger partial charge in [0.2, 0.25) is 5.96 Å². The van der Waals surface area contributed by atoms with E-state index in [4.69, 9.17) is 0 Å². The lowest BCUT2D eigenvalue weighted by molar-refractivity contribution is 0.354. The molecule has 2 N–H and O–H groups in total. The first-order chi connectivity index (χ1) is 10.1. The van der Waals surface area contributed by atoms with Crippen molar-refractivity contribution >= 4 is 5.96 Å². The van der Waals surface area contributed by atoms with Gasteiger partial charge in [-0.25, -0.2) is 0 Å². The van der Waals surface area contributed by atoms with Gasteiger partial charge in [0.15, 0.2) is 0 Å². The molecule has 1 heterocycles. The van der Waals surface area contributed by atoms with E-state index in [0.29, 0.717) is 18.4 Å². The van der Waals surface area contributed by atoms with Gasteiger partial charge in [0.1, 0.15) is 0 Å². The maximum absolute atomic E-state index is 12.4. The van der Waals surface area contributed by atoms with Crippen molar-refractivity contribution in [1.82, 2.24) is 20.8 Å². The van der Waals surface area contributed by atoms with Crippen LogP contribution in [0.4, 0.5) is 0 Å². The molecule has 0 spiro atoms. The third-order valence-electron chi connectivity index (χ3n) is 4.39. The SMILES string of the molecule is CN(C)CCN=C1NC2=CCC3CCCCC3=C2N([O-])N1. The summed E-state index contributed by atoms with van der Waals surface area (Å²) in [7, 11) is 4.02. The second-order valence-electron chi connectivity index (χ2n) is 6.23. The molecule has 0 bridgehead atoms. The second kappa shape index (κ2) is 6.07. The number of hydrazine groups is 1. The highest BCUT2D eigenvalue weighted by Crippen LogP contribution is 2.40. The van der Waals surface area contributed by atoms with Crippen LogP contribution in [-0.4, -0.2) is 43.2 Å². The van der Waals surface area contributed by atoms with Crippen molar-refractivity contribution in [2.24, 2.45) is 10.9 Å². The standard InChI is InChI=1S/C15H24N5O/c1-19(2)10-9-16-15-17-13-8-7-11-5-3-4-6-12(11)14(13)20(21)18-15/h8,11H,3-7,9-10H2,1-2H3,(H2,16,17,18)/q-1. The molecule has 116 valence electrons. The highest BCUT2D eigenvalue weighted by molar-refractivity contribution is 5.84. The molecule has 0 amide bonds. The van der Waals surface area contributed by atoms with Crippen LogP contribution in [0.3, 0.4) is 0 Å². The number of allylic oxidation sites excluding steroid dienone is 2. The summed E-state index contributed by atoms with van der Waals surface area (Å²) in [5.41, 5.74) is 5.88. The van der Waals surface area contributed by atoms with Crippen LogP contribution in [0.15, 0.2) is 28.0 Å². The van der Waals surface area contributed by atoms with Gasteiger partial charge < -0.3 is 20.6 Å². The third kappa shape index (κ3) is 3.06. The second-order valence-corrected chi connectivity index (χ2v) is 6.23. The Bertz CT molecular complexity index is 494. The number of likely N-dealkylation sites (N-methyl/N-ethyl adjacent to an activating group) is 1. The first kappa shape index (κ1) is 14.4. The van der Waals surface area contributed by atoms with Crippen molar-refractivity contribution in [3.63, 3.8) is 0 Å². The maximum Gasteiger partial charge on any atom is 0.214 e. The molecule has 0 aromatic carbocycles. The Morgan fingerprint density at radius 2 is 2.29 bits per heavy atom. The molecule has 0 aromatic heterocycles. The number of rotatable bonds is 3. The van der Waals surface area contributed by atoms with Gasteiger partial charge in [-0.3, -0.25) is 10.4 Å². The largest absolute Gasteiger partial charge is 0.739 e. The molecule has 6 heteroatoms. The maximum atomic E-state index is 12.4. The van der Waals surface area contributed by atoms with Crippen molar-refractivity contribution < 1.29 is 0 Å². The number of guanidine groups is 1. The number of nitrogens with one attached hydrogen (secondary N) is 2. The molecule has 3 aliphatic rings. The summed E-state index contributed by atoms with van der Waals surface area (Å²) in [6.07, 6.45) is 7.93. The van der Waals surface area contributed by atoms with Crippen LogP contribution in [0.1, 0.15) is 32.1 Å². The summed E-state index contributed by atoms with van der Waals surface area (Å²) in [5.74, 6) is 1.11. The lowest BCUT2D eigenvalue weighted by Gasteiger charge is -2.45. The Labute approximate surface area is 126 Å². The highest BCUT2D eigenvalue weighted by atomic mass is 16.5. The number of nitrogens with zero attached hydrogens (tertiary/aromatic N) is 3. The fraction of sp³-hybridized carbons (Fsp3) is 0.667. The van der Waals surface area contributed by atoms with Gasteiger partial charge in [0.25, 0.3) is 0 Å². The molecule has 0 radical (unpaired) electrons. The summed E-state index contributed by atoms with van der Waals surface area (Å²) >= 11 is 0. The van der Waals surface area contributed by atoms with E-state index in [1.807, 2.05) is 14.1 Å². The first-order valence-electron chi connectivity index (χ1n) is 7.79. The number of hydrogen-bond acceptors (Lipinski definition) is 4. The monoisotopic (exact) mass is 290 g/mol. The van der Waals surface area contributed by atoms with Crippen molar-refractivity contribution in [2.75, 3.05) is 27.2 Å². The Balaban J connectivity index is 1.75. The van der Waals surface area contributed by atoms with Crippen LogP contribution in [0, 0.1) is 11.1 Å². The van der Waals surface area contributed by atoms with Crippen LogP contribution in [0.25, 0.3) is 0 Å². The molecule has 1 saturated heterocycles. The van der Waals surface area contributed by atoms with Crippen molar-refractivity contribution in [3.05, 3.63) is 28.3 Å². The van der Waals surface area contributed by atoms with Crippen molar-refractivity contribution in [3.8, 4) is 0 Å². The van der Waals surface area contributed by atoms with Crippen LogP contribution in [0.2, 0.25) is 0 Å². The Hall–Kier alpha value is -1.53. The molecule has 21 heavy (non-hydrogen) atoms. The predicted molar refractivity (Wildman–Crippen MR) is 84.0 cm³/mol. The van der Waals surface area contributed by atoms with E-state index < -0.39 is 0 Å². The fourth-order valence-electron chi connectivity index (χ4n) is 3.28. The van der Waals surface area contributed by atoms with Crippen LogP contribution >= 0.6 is 0 Å². The molecular weight excluding hydrogens is 266 g/mol. The number of fused-ring (bicyclic) bond motifs is 2. The molecule has 2 aliphatic carbocycles. The Morgan fingerprint density at radius 3 is 3.10 bits per heavy atom. The summed E-state index contributed by atoms with van der Waals surface area (Å²) < 4.78 is 0. The number of hydrogen-bond donors (Lipinski definition) is 2. The number of hydroxylamine groups is 1. The summed E-state index contributed by atoms with van der Waals surface area (Å²) in [6.45, 7) is 1.53. The van der Waals surface area contributed by atoms with Gasteiger partial charge in [-0.05, 0) is 51.3 Å². The van der Waals surface area contributed by atoms with Crippen LogP contribution < -0.4 is 10.7 Å². The first-order valence-corrected chi connectivity index (χ1v) is 7.79. The van der Waals surface area contributed by atoms with E-state index in [0.717, 1.165) is 36.0 Å². The summed E-state index contributed by atoms with van der Waals surface area (Å²) in [4.78, 5) is 6.49. The van der Waals surface area contributed by atoms with E-state index in [1.165, 1.54) is 24.8 Å². The molecule has 1 saturated carbocycles.